The van der Waals surface area contributed by atoms with Crippen LogP contribution in [0.4, 0.5) is 4.39 Å². The lowest BCUT2D eigenvalue weighted by atomic mass is 9.97. The van der Waals surface area contributed by atoms with E-state index in [1.54, 1.807) is 36.4 Å². The van der Waals surface area contributed by atoms with Crippen molar-refractivity contribution in [1.82, 2.24) is 5.32 Å². The minimum absolute atomic E-state index is 0.111. The third kappa shape index (κ3) is 6.73. The molecule has 0 radical (unpaired) electrons. The molecular weight excluding hydrogens is 473 g/mol. The van der Waals surface area contributed by atoms with E-state index in [9.17, 15) is 19.1 Å². The van der Waals surface area contributed by atoms with Crippen molar-refractivity contribution in [2.45, 2.75) is 33.2 Å². The fraction of sp³-hybridized carbons (Fsp3) is 0.259. The first-order chi connectivity index (χ1) is 16.8. The molecule has 0 heterocycles. The second-order valence-electron chi connectivity index (χ2n) is 7.84. The van der Waals surface area contributed by atoms with Gasteiger partial charge in [0.15, 0.2) is 0 Å². The Labute approximate surface area is 208 Å². The largest absolute Gasteiger partial charge is 0.494 e. The van der Waals surface area contributed by atoms with E-state index in [4.69, 9.17) is 21.1 Å². The number of halogens is 2. The third-order valence-electron chi connectivity index (χ3n) is 5.14. The van der Waals surface area contributed by atoms with Crippen molar-refractivity contribution >= 4 is 23.5 Å². The van der Waals surface area contributed by atoms with Gasteiger partial charge >= 0.3 is 5.97 Å². The molecule has 0 aliphatic rings. The van der Waals surface area contributed by atoms with Gasteiger partial charge in [0.2, 0.25) is 0 Å². The van der Waals surface area contributed by atoms with Crippen molar-refractivity contribution in [1.29, 1.82) is 0 Å². The van der Waals surface area contributed by atoms with Crippen molar-refractivity contribution in [2.75, 3.05) is 13.2 Å². The summed E-state index contributed by atoms with van der Waals surface area (Å²) in [6, 6.07) is 13.7. The number of carbonyl (C=O) groups is 2. The summed E-state index contributed by atoms with van der Waals surface area (Å²) in [7, 11) is 0. The molecule has 2 N–H and O–H groups in total. The lowest BCUT2D eigenvalue weighted by Gasteiger charge is -2.15. The fourth-order valence-electron chi connectivity index (χ4n) is 3.44. The molecule has 0 aliphatic carbocycles. The summed E-state index contributed by atoms with van der Waals surface area (Å²) in [4.78, 5) is 24.5. The molecule has 1 amide bonds. The highest BCUT2D eigenvalue weighted by Crippen LogP contribution is 2.30. The summed E-state index contributed by atoms with van der Waals surface area (Å²) in [5.41, 5.74) is 1.71. The fourth-order valence-corrected chi connectivity index (χ4v) is 3.70. The van der Waals surface area contributed by atoms with Crippen molar-refractivity contribution in [3.63, 3.8) is 0 Å². The van der Waals surface area contributed by atoms with Gasteiger partial charge in [-0.2, -0.15) is 0 Å². The maximum absolute atomic E-state index is 13.6. The van der Waals surface area contributed by atoms with Crippen LogP contribution in [0.25, 0.3) is 11.1 Å². The molecule has 0 saturated carbocycles. The summed E-state index contributed by atoms with van der Waals surface area (Å²) in [5, 5.41) is 12.6. The van der Waals surface area contributed by atoms with Gasteiger partial charge in [-0.25, -0.2) is 9.18 Å². The number of amides is 1. The molecule has 0 fully saturated rings. The molecule has 184 valence electrons. The molecule has 0 aromatic heterocycles. The van der Waals surface area contributed by atoms with Gasteiger partial charge in [-0.1, -0.05) is 37.6 Å². The van der Waals surface area contributed by atoms with Crippen LogP contribution < -0.4 is 14.8 Å². The highest BCUT2D eigenvalue weighted by atomic mass is 35.5. The molecule has 0 aliphatic heterocycles. The van der Waals surface area contributed by atoms with E-state index in [2.05, 4.69) is 5.32 Å². The van der Waals surface area contributed by atoms with Gasteiger partial charge in [-0.3, -0.25) is 4.79 Å². The molecule has 0 spiro atoms. The Morgan fingerprint density at radius 3 is 2.37 bits per heavy atom. The highest BCUT2D eigenvalue weighted by molar-refractivity contribution is 6.34. The van der Waals surface area contributed by atoms with E-state index in [1.165, 1.54) is 12.1 Å². The number of benzene rings is 3. The Bertz CT molecular complexity index is 1210. The average Bonchev–Trinajstić information content (AvgIpc) is 2.85. The van der Waals surface area contributed by atoms with E-state index >= 15 is 0 Å². The van der Waals surface area contributed by atoms with Crippen LogP contribution in [0.1, 0.15) is 53.0 Å². The number of carboxylic acids is 1. The first kappa shape index (κ1) is 26.0. The molecule has 3 aromatic carbocycles. The molecule has 0 saturated heterocycles. The van der Waals surface area contributed by atoms with Gasteiger partial charge < -0.3 is 19.9 Å². The van der Waals surface area contributed by atoms with Crippen LogP contribution in [0.5, 0.6) is 11.5 Å². The Hall–Kier alpha value is -3.58. The number of rotatable bonds is 11. The predicted molar refractivity (Wildman–Crippen MR) is 133 cm³/mol. The molecule has 3 aromatic rings. The Balaban J connectivity index is 1.86. The van der Waals surface area contributed by atoms with Crippen molar-refractivity contribution in [2.24, 2.45) is 0 Å². The zero-order valence-electron chi connectivity index (χ0n) is 19.6. The normalized spacial score (nSPS) is 10.6. The number of aromatic carboxylic acids is 1. The Morgan fingerprint density at radius 1 is 0.943 bits per heavy atom. The second kappa shape index (κ2) is 12.2. The standard InChI is InChI=1S/C27H27ClFNO5/c1-3-11-34-20-7-9-22(24(28)15-20)26(31)30-16-18-13-17(5-10-25(18)35-12-4-2)21-8-6-19(29)14-23(21)27(32)33/h5-10,13-15H,3-4,11-12,16H2,1-2H3,(H,30,31)(H,32,33). The number of hydrogen-bond donors (Lipinski definition) is 2. The Morgan fingerprint density at radius 2 is 1.69 bits per heavy atom. The van der Waals surface area contributed by atoms with E-state index in [0.717, 1.165) is 18.9 Å². The summed E-state index contributed by atoms with van der Waals surface area (Å²) in [6.45, 7) is 5.11. The lowest BCUT2D eigenvalue weighted by molar-refractivity contribution is 0.0697. The summed E-state index contributed by atoms with van der Waals surface area (Å²) < 4.78 is 25.0. The molecule has 0 unspecified atom stereocenters. The molecule has 0 bridgehead atoms. The highest BCUT2D eigenvalue weighted by Gasteiger charge is 2.17. The molecule has 0 atom stereocenters. The third-order valence-corrected chi connectivity index (χ3v) is 5.46. The number of nitrogens with one attached hydrogen (secondary N) is 1. The number of carboxylic acid groups (broad SMARTS) is 1. The van der Waals surface area contributed by atoms with Crippen molar-refractivity contribution in [3.05, 3.63) is 82.1 Å². The second-order valence-corrected chi connectivity index (χ2v) is 8.25. The van der Waals surface area contributed by atoms with E-state index < -0.39 is 11.8 Å². The maximum atomic E-state index is 13.6. The van der Waals surface area contributed by atoms with E-state index in [0.29, 0.717) is 47.0 Å². The zero-order valence-corrected chi connectivity index (χ0v) is 20.3. The quantitative estimate of drug-likeness (QED) is 0.321. The minimum Gasteiger partial charge on any atom is -0.494 e. The summed E-state index contributed by atoms with van der Waals surface area (Å²) in [6.07, 6.45) is 1.64. The topological polar surface area (TPSA) is 84.9 Å². The van der Waals surface area contributed by atoms with Gasteiger partial charge in [0, 0.05) is 12.1 Å². The van der Waals surface area contributed by atoms with E-state index in [-0.39, 0.29) is 23.0 Å². The molecule has 6 nitrogen and oxygen atoms in total. The van der Waals surface area contributed by atoms with Gasteiger partial charge in [0.25, 0.3) is 5.91 Å². The summed E-state index contributed by atoms with van der Waals surface area (Å²) in [5.74, 6) is -1.10. The smallest absolute Gasteiger partial charge is 0.336 e. The van der Waals surface area contributed by atoms with Crippen molar-refractivity contribution in [3.8, 4) is 22.6 Å². The number of carbonyl (C=O) groups excluding carboxylic acids is 1. The van der Waals surface area contributed by atoms with Crippen LogP contribution in [0, 0.1) is 5.82 Å². The number of ether oxygens (including phenoxy) is 2. The van der Waals surface area contributed by atoms with Crippen molar-refractivity contribution < 1.29 is 28.6 Å². The van der Waals surface area contributed by atoms with Gasteiger partial charge in [-0.05, 0) is 66.4 Å². The van der Waals surface area contributed by atoms with Crippen LogP contribution in [0.3, 0.4) is 0 Å². The van der Waals surface area contributed by atoms with Gasteiger partial charge in [0.05, 0.1) is 29.4 Å². The maximum Gasteiger partial charge on any atom is 0.336 e. The number of hydrogen-bond acceptors (Lipinski definition) is 4. The first-order valence-corrected chi connectivity index (χ1v) is 11.7. The summed E-state index contributed by atoms with van der Waals surface area (Å²) >= 11 is 6.30. The van der Waals surface area contributed by atoms with Crippen LogP contribution >= 0.6 is 11.6 Å². The van der Waals surface area contributed by atoms with E-state index in [1.807, 2.05) is 13.8 Å². The van der Waals surface area contributed by atoms with Gasteiger partial charge in [-0.15, -0.1) is 0 Å². The Kier molecular flexibility index (Phi) is 9.09. The average molecular weight is 500 g/mol. The first-order valence-electron chi connectivity index (χ1n) is 11.3. The van der Waals surface area contributed by atoms with Crippen LogP contribution in [-0.4, -0.2) is 30.2 Å². The lowest BCUT2D eigenvalue weighted by Crippen LogP contribution is -2.23. The van der Waals surface area contributed by atoms with Gasteiger partial charge in [0.1, 0.15) is 17.3 Å². The molecular formula is C27H27ClFNO5. The monoisotopic (exact) mass is 499 g/mol. The van der Waals surface area contributed by atoms with Crippen LogP contribution in [0.15, 0.2) is 54.6 Å². The molecule has 8 heteroatoms. The van der Waals surface area contributed by atoms with Crippen LogP contribution in [0.2, 0.25) is 5.02 Å². The molecule has 35 heavy (non-hydrogen) atoms. The molecule has 3 rings (SSSR count). The zero-order chi connectivity index (χ0) is 25.4. The minimum atomic E-state index is -1.23. The van der Waals surface area contributed by atoms with Crippen LogP contribution in [-0.2, 0) is 6.54 Å². The SMILES string of the molecule is CCCOc1ccc(C(=O)NCc2cc(-c3ccc(F)cc3C(=O)O)ccc2OCCC)c(Cl)c1. The predicted octanol–water partition coefficient (Wildman–Crippen LogP) is 6.35.